The van der Waals surface area contributed by atoms with Gasteiger partial charge in [0.2, 0.25) is 29.5 Å². The lowest BCUT2D eigenvalue weighted by atomic mass is 10.00. The van der Waals surface area contributed by atoms with Gasteiger partial charge in [0.15, 0.2) is 5.96 Å². The maximum atomic E-state index is 13.5. The van der Waals surface area contributed by atoms with E-state index in [1.807, 2.05) is 44.2 Å². The number of aliphatic hydroxyl groups excluding tert-OH is 1. The van der Waals surface area contributed by atoms with Crippen molar-refractivity contribution >= 4 is 41.5 Å². The Morgan fingerprint density at radius 3 is 1.71 bits per heavy atom. The molecule has 1 rings (SSSR count). The zero-order valence-electron chi connectivity index (χ0n) is 31.1. The average Bonchev–Trinajstić information content (AvgIpc) is 3.05. The zero-order chi connectivity index (χ0) is 39.5. The quantitative estimate of drug-likeness (QED) is 0.0370. The molecule has 0 radical (unpaired) electrons. The van der Waals surface area contributed by atoms with Crippen LogP contribution in [0.1, 0.15) is 79.2 Å². The average molecular weight is 734 g/mol. The smallest absolute Gasteiger partial charge is 0.326 e. The third-order valence-electron chi connectivity index (χ3n) is 7.98. The van der Waals surface area contributed by atoms with Gasteiger partial charge in [-0.3, -0.25) is 29.0 Å². The van der Waals surface area contributed by atoms with E-state index in [-0.39, 0.29) is 50.0 Å². The summed E-state index contributed by atoms with van der Waals surface area (Å²) < 4.78 is 0. The highest BCUT2D eigenvalue weighted by atomic mass is 16.4. The van der Waals surface area contributed by atoms with E-state index in [4.69, 9.17) is 17.2 Å². The molecule has 1 aromatic rings. The molecule has 52 heavy (non-hydrogen) atoms. The zero-order valence-corrected chi connectivity index (χ0v) is 31.1. The standard InChI is InChI=1S/C35H59N9O8/c1-19(2)17-26(31(48)40-21(5)29(46)41-25(34(51)52)13-10-16-39-35(37)38)43-33(50)28(22(6)45)44-32(49)27(18-20(3)4)42-30(47)24(36)15-14-23-11-8-7-9-12-23/h7-9,11-12,19-22,24-28,45H,10,13-18,36H2,1-6H3,(H,40,48)(H,41,46)(H,42,47)(H,43,50)(H,44,49)(H,51,52)(H4,37,38,39)/t21-,22+,24-,25-,26-,27-,28-/m0/s1. The number of hydrogen-bond donors (Lipinski definition) is 10. The Kier molecular flexibility index (Phi) is 19.9. The lowest BCUT2D eigenvalue weighted by Crippen LogP contribution is -2.61. The number of carboxylic acid groups (broad SMARTS) is 1. The molecular formula is C35H59N9O8. The minimum absolute atomic E-state index is 0.0276. The molecule has 7 atom stereocenters. The second-order valence-corrected chi connectivity index (χ2v) is 13.8. The number of guanidine groups is 1. The minimum atomic E-state index is -1.51. The molecule has 17 nitrogen and oxygen atoms in total. The number of aliphatic carboxylic acids is 1. The number of nitrogens with zero attached hydrogens (tertiary/aromatic N) is 1. The van der Waals surface area contributed by atoms with Crippen LogP contribution in [0.5, 0.6) is 0 Å². The number of carbonyl (C=O) groups excluding carboxylic acids is 5. The number of aryl methyl sites for hydroxylation is 1. The Labute approximate surface area is 305 Å². The van der Waals surface area contributed by atoms with Gasteiger partial charge in [-0.2, -0.15) is 0 Å². The lowest BCUT2D eigenvalue weighted by molar-refractivity contribution is -0.142. The molecular weight excluding hydrogens is 674 g/mol. The molecule has 0 aliphatic rings. The first-order chi connectivity index (χ1) is 24.3. The molecule has 5 amide bonds. The number of nitrogens with one attached hydrogen (secondary N) is 5. The third kappa shape index (κ3) is 17.4. The summed E-state index contributed by atoms with van der Waals surface area (Å²) in [6, 6.07) is 2.38. The van der Waals surface area contributed by atoms with Crippen molar-refractivity contribution in [2.45, 2.75) is 122 Å². The normalized spacial score (nSPS) is 15.2. The number of aliphatic imine (C=N–C) groups is 1. The summed E-state index contributed by atoms with van der Waals surface area (Å²) in [4.78, 5) is 81.5. The first-order valence-electron chi connectivity index (χ1n) is 17.6. The Hall–Kier alpha value is -4.77. The van der Waals surface area contributed by atoms with E-state index >= 15 is 0 Å². The van der Waals surface area contributed by atoms with Crippen LogP contribution in [0.3, 0.4) is 0 Å². The highest BCUT2D eigenvalue weighted by Crippen LogP contribution is 2.10. The van der Waals surface area contributed by atoms with E-state index in [2.05, 4.69) is 31.6 Å². The number of rotatable bonds is 23. The number of carboxylic acids is 1. The van der Waals surface area contributed by atoms with Gasteiger partial charge in [0.25, 0.3) is 0 Å². The fraction of sp³-hybridized carbons (Fsp3) is 0.629. The predicted molar refractivity (Wildman–Crippen MR) is 196 cm³/mol. The van der Waals surface area contributed by atoms with Crippen molar-refractivity contribution in [3.63, 3.8) is 0 Å². The maximum Gasteiger partial charge on any atom is 0.326 e. The summed E-state index contributed by atoms with van der Waals surface area (Å²) >= 11 is 0. The maximum absolute atomic E-state index is 13.5. The number of nitrogens with two attached hydrogens (primary N) is 3. The van der Waals surface area contributed by atoms with E-state index in [9.17, 15) is 39.0 Å². The monoisotopic (exact) mass is 733 g/mol. The fourth-order valence-corrected chi connectivity index (χ4v) is 5.14. The highest BCUT2D eigenvalue weighted by Gasteiger charge is 2.34. The summed E-state index contributed by atoms with van der Waals surface area (Å²) in [5.41, 5.74) is 17.7. The molecule has 13 N–H and O–H groups in total. The van der Waals surface area contributed by atoms with Crippen LogP contribution in [-0.2, 0) is 35.2 Å². The number of benzene rings is 1. The number of amides is 5. The van der Waals surface area contributed by atoms with Crippen LogP contribution in [0.15, 0.2) is 35.3 Å². The molecule has 0 unspecified atom stereocenters. The molecule has 0 spiro atoms. The molecule has 0 aliphatic carbocycles. The van der Waals surface area contributed by atoms with E-state index < -0.39 is 77.9 Å². The van der Waals surface area contributed by atoms with Crippen molar-refractivity contribution in [3.8, 4) is 0 Å². The molecule has 0 aromatic heterocycles. The first-order valence-corrected chi connectivity index (χ1v) is 17.6. The first kappa shape index (κ1) is 45.3. The van der Waals surface area contributed by atoms with Crippen molar-refractivity contribution in [2.24, 2.45) is 34.0 Å². The third-order valence-corrected chi connectivity index (χ3v) is 7.98. The van der Waals surface area contributed by atoms with Gasteiger partial charge in [0.1, 0.15) is 30.2 Å². The molecule has 0 heterocycles. The van der Waals surface area contributed by atoms with E-state index in [0.29, 0.717) is 12.8 Å². The van der Waals surface area contributed by atoms with Crippen LogP contribution in [0, 0.1) is 11.8 Å². The summed E-state index contributed by atoms with van der Waals surface area (Å²) in [6.45, 7) is 10.1. The van der Waals surface area contributed by atoms with Crippen LogP contribution < -0.4 is 43.8 Å². The molecule has 0 aliphatic heterocycles. The molecule has 0 saturated carbocycles. The summed E-state index contributed by atoms with van der Waals surface area (Å²) in [5, 5.41) is 32.7. The van der Waals surface area contributed by atoms with Crippen LogP contribution in [0.4, 0.5) is 0 Å². The van der Waals surface area contributed by atoms with Crippen molar-refractivity contribution in [1.82, 2.24) is 26.6 Å². The van der Waals surface area contributed by atoms with Gasteiger partial charge in [0.05, 0.1) is 12.1 Å². The van der Waals surface area contributed by atoms with E-state index in [1.165, 1.54) is 13.8 Å². The van der Waals surface area contributed by atoms with Crippen molar-refractivity contribution in [2.75, 3.05) is 6.54 Å². The fourth-order valence-electron chi connectivity index (χ4n) is 5.14. The summed E-state index contributed by atoms with van der Waals surface area (Å²) in [6.07, 6.45) is 0.132. The van der Waals surface area contributed by atoms with Crippen molar-refractivity contribution < 1.29 is 39.0 Å². The predicted octanol–water partition coefficient (Wildman–Crippen LogP) is -0.998. The molecule has 0 fully saturated rings. The lowest BCUT2D eigenvalue weighted by Gasteiger charge is -2.28. The van der Waals surface area contributed by atoms with Crippen LogP contribution in [0.2, 0.25) is 0 Å². The molecule has 292 valence electrons. The summed E-state index contributed by atoms with van der Waals surface area (Å²) in [5.74, 6) is -5.23. The highest BCUT2D eigenvalue weighted by molar-refractivity contribution is 5.96. The van der Waals surface area contributed by atoms with Crippen LogP contribution >= 0.6 is 0 Å². The van der Waals surface area contributed by atoms with Crippen molar-refractivity contribution in [3.05, 3.63) is 35.9 Å². The Morgan fingerprint density at radius 1 is 0.692 bits per heavy atom. The molecule has 0 saturated heterocycles. The molecule has 17 heteroatoms. The Morgan fingerprint density at radius 2 is 1.21 bits per heavy atom. The van der Waals surface area contributed by atoms with Gasteiger partial charge in [-0.05, 0) is 69.8 Å². The minimum Gasteiger partial charge on any atom is -0.480 e. The van der Waals surface area contributed by atoms with Gasteiger partial charge in [-0.25, -0.2) is 4.79 Å². The van der Waals surface area contributed by atoms with Crippen molar-refractivity contribution in [1.29, 1.82) is 0 Å². The van der Waals surface area contributed by atoms with Gasteiger partial charge in [-0.15, -0.1) is 0 Å². The molecule has 0 bridgehead atoms. The summed E-state index contributed by atoms with van der Waals surface area (Å²) in [7, 11) is 0. The van der Waals surface area contributed by atoms with Gasteiger partial charge in [0, 0.05) is 6.54 Å². The molecule has 1 aromatic carbocycles. The number of hydrogen-bond acceptors (Lipinski definition) is 9. The number of aliphatic hydroxyl groups is 1. The second kappa shape index (κ2) is 22.9. The van der Waals surface area contributed by atoms with E-state index in [0.717, 1.165) is 5.56 Å². The van der Waals surface area contributed by atoms with Crippen LogP contribution in [0.25, 0.3) is 0 Å². The number of carbonyl (C=O) groups is 6. The van der Waals surface area contributed by atoms with Gasteiger partial charge >= 0.3 is 5.97 Å². The van der Waals surface area contributed by atoms with E-state index in [1.54, 1.807) is 13.8 Å². The second-order valence-electron chi connectivity index (χ2n) is 13.8. The largest absolute Gasteiger partial charge is 0.480 e. The van der Waals surface area contributed by atoms with Gasteiger partial charge in [-0.1, -0.05) is 58.0 Å². The Bertz CT molecular complexity index is 1350. The van der Waals surface area contributed by atoms with Gasteiger partial charge < -0.3 is 54.0 Å². The Balaban J connectivity index is 2.98. The topological polar surface area (TPSA) is 293 Å². The van der Waals surface area contributed by atoms with Crippen LogP contribution in [-0.4, -0.2) is 101 Å². The SMILES string of the molecule is CC(C)C[C@H](NC(=O)[C@@H](NC(=O)[C@H](CC(C)C)NC(=O)[C@@H](N)CCc1ccccc1)[C@@H](C)O)C(=O)N[C@@H](C)C(=O)N[C@@H](CCCN=C(N)N)C(=O)O.